The predicted octanol–water partition coefficient (Wildman–Crippen LogP) is 4.37. The SMILES string of the molecule is CCc1ccc(C2CC(C(F)(F)F)n3ncc(C(=O)NCc4cccn4C)c3N2)cc1. The lowest BCUT2D eigenvalue weighted by molar-refractivity contribution is -0.173. The van der Waals surface area contributed by atoms with Crippen LogP contribution in [-0.4, -0.2) is 26.4 Å². The molecule has 0 bridgehead atoms. The van der Waals surface area contributed by atoms with Crippen LogP contribution >= 0.6 is 0 Å². The third kappa shape index (κ3) is 4.17. The highest BCUT2D eigenvalue weighted by Gasteiger charge is 2.47. The highest BCUT2D eigenvalue weighted by molar-refractivity contribution is 5.98. The largest absolute Gasteiger partial charge is 0.410 e. The molecule has 1 amide bonds. The Morgan fingerprint density at radius 2 is 2.00 bits per heavy atom. The van der Waals surface area contributed by atoms with Gasteiger partial charge in [-0.1, -0.05) is 31.2 Å². The van der Waals surface area contributed by atoms with Crippen molar-refractivity contribution in [2.45, 2.75) is 44.6 Å². The van der Waals surface area contributed by atoms with E-state index in [4.69, 9.17) is 0 Å². The normalized spacial score (nSPS) is 18.4. The van der Waals surface area contributed by atoms with Crippen LogP contribution < -0.4 is 10.6 Å². The number of hydrogen-bond acceptors (Lipinski definition) is 3. The maximum Gasteiger partial charge on any atom is 0.410 e. The van der Waals surface area contributed by atoms with Crippen molar-refractivity contribution in [3.8, 4) is 0 Å². The molecule has 0 aliphatic carbocycles. The molecule has 0 spiro atoms. The van der Waals surface area contributed by atoms with Gasteiger partial charge in [0.25, 0.3) is 5.91 Å². The highest BCUT2D eigenvalue weighted by atomic mass is 19.4. The van der Waals surface area contributed by atoms with E-state index in [0.717, 1.165) is 27.9 Å². The van der Waals surface area contributed by atoms with Crippen molar-refractivity contribution in [1.82, 2.24) is 19.7 Å². The van der Waals surface area contributed by atoms with Crippen LogP contribution in [0.1, 0.15) is 52.6 Å². The van der Waals surface area contributed by atoms with E-state index < -0.39 is 24.2 Å². The molecule has 0 radical (unpaired) electrons. The summed E-state index contributed by atoms with van der Waals surface area (Å²) in [7, 11) is 1.85. The van der Waals surface area contributed by atoms with E-state index in [1.807, 2.05) is 61.1 Å². The van der Waals surface area contributed by atoms with Crippen LogP contribution in [0.4, 0.5) is 19.0 Å². The number of fused-ring (bicyclic) bond motifs is 1. The minimum atomic E-state index is -4.48. The van der Waals surface area contributed by atoms with Gasteiger partial charge in [-0.15, -0.1) is 0 Å². The maximum absolute atomic E-state index is 13.8. The summed E-state index contributed by atoms with van der Waals surface area (Å²) in [6.07, 6.45) is -0.783. The molecule has 1 aromatic carbocycles. The van der Waals surface area contributed by atoms with Gasteiger partial charge in [0.2, 0.25) is 0 Å². The molecule has 3 heterocycles. The molecule has 0 saturated carbocycles. The predicted molar refractivity (Wildman–Crippen MR) is 111 cm³/mol. The van der Waals surface area contributed by atoms with Crippen LogP contribution in [0.2, 0.25) is 0 Å². The molecule has 6 nitrogen and oxygen atoms in total. The summed E-state index contributed by atoms with van der Waals surface area (Å²) in [5.41, 5.74) is 2.83. The lowest BCUT2D eigenvalue weighted by Gasteiger charge is -2.34. The Bertz CT molecular complexity index is 1070. The first-order valence-corrected chi connectivity index (χ1v) is 10.2. The minimum absolute atomic E-state index is 0.0857. The fraction of sp³-hybridized carbons (Fsp3) is 0.364. The van der Waals surface area contributed by atoms with Gasteiger partial charge in [0.15, 0.2) is 6.04 Å². The zero-order valence-corrected chi connectivity index (χ0v) is 17.3. The third-order valence-corrected chi connectivity index (χ3v) is 5.75. The number of benzene rings is 1. The summed E-state index contributed by atoms with van der Waals surface area (Å²) in [5, 5.41) is 9.80. The van der Waals surface area contributed by atoms with Gasteiger partial charge in [-0.3, -0.25) is 4.79 Å². The van der Waals surface area contributed by atoms with Crippen molar-refractivity contribution in [1.29, 1.82) is 0 Å². The monoisotopic (exact) mass is 431 g/mol. The van der Waals surface area contributed by atoms with Gasteiger partial charge >= 0.3 is 6.18 Å². The van der Waals surface area contributed by atoms with Gasteiger partial charge in [0.05, 0.1) is 18.8 Å². The molecule has 2 unspecified atom stereocenters. The average Bonchev–Trinajstić information content (AvgIpc) is 3.36. The fourth-order valence-corrected chi connectivity index (χ4v) is 3.88. The molecule has 4 rings (SSSR count). The first-order valence-electron chi connectivity index (χ1n) is 10.2. The van der Waals surface area contributed by atoms with E-state index in [-0.39, 0.29) is 24.3 Å². The van der Waals surface area contributed by atoms with Crippen molar-refractivity contribution in [2.24, 2.45) is 7.05 Å². The molecule has 164 valence electrons. The molecular formula is C22H24F3N5O. The molecule has 31 heavy (non-hydrogen) atoms. The number of carbonyl (C=O) groups excluding carboxylic acids is 1. The topological polar surface area (TPSA) is 63.9 Å². The van der Waals surface area contributed by atoms with Gasteiger partial charge in [-0.25, -0.2) is 4.68 Å². The first kappa shape index (κ1) is 21.0. The summed E-state index contributed by atoms with van der Waals surface area (Å²) in [4.78, 5) is 12.8. The lowest BCUT2D eigenvalue weighted by atomic mass is 9.95. The summed E-state index contributed by atoms with van der Waals surface area (Å²) in [6.45, 7) is 2.28. The number of nitrogens with zero attached hydrogens (tertiary/aromatic N) is 3. The Morgan fingerprint density at radius 1 is 1.26 bits per heavy atom. The fourth-order valence-electron chi connectivity index (χ4n) is 3.88. The van der Waals surface area contributed by atoms with Gasteiger partial charge in [-0.05, 0) is 29.7 Å². The number of amides is 1. The lowest BCUT2D eigenvalue weighted by Crippen LogP contribution is -2.36. The molecular weight excluding hydrogens is 407 g/mol. The third-order valence-electron chi connectivity index (χ3n) is 5.75. The van der Waals surface area contributed by atoms with Crippen molar-refractivity contribution >= 4 is 11.7 Å². The Labute approximate surface area is 178 Å². The quantitative estimate of drug-likeness (QED) is 0.631. The van der Waals surface area contributed by atoms with E-state index >= 15 is 0 Å². The van der Waals surface area contributed by atoms with Gasteiger partial charge in [0.1, 0.15) is 11.4 Å². The van der Waals surface area contributed by atoms with Gasteiger partial charge in [-0.2, -0.15) is 18.3 Å². The Kier molecular flexibility index (Phi) is 5.51. The molecule has 9 heteroatoms. The number of alkyl halides is 3. The molecule has 2 atom stereocenters. The van der Waals surface area contributed by atoms with Crippen molar-refractivity contribution in [3.63, 3.8) is 0 Å². The highest BCUT2D eigenvalue weighted by Crippen LogP contribution is 2.44. The number of aromatic nitrogens is 3. The second-order valence-corrected chi connectivity index (χ2v) is 7.73. The van der Waals surface area contributed by atoms with Gasteiger partial charge < -0.3 is 15.2 Å². The van der Waals surface area contributed by atoms with Crippen molar-refractivity contribution in [2.75, 3.05) is 5.32 Å². The second kappa shape index (κ2) is 8.13. The zero-order valence-electron chi connectivity index (χ0n) is 17.3. The number of hydrogen-bond donors (Lipinski definition) is 2. The molecule has 1 aliphatic heterocycles. The van der Waals surface area contributed by atoms with E-state index in [0.29, 0.717) is 0 Å². The Hall–Kier alpha value is -3.23. The molecule has 0 saturated heterocycles. The molecule has 0 fully saturated rings. The number of anilines is 1. The summed E-state index contributed by atoms with van der Waals surface area (Å²) in [5.74, 6) is -0.389. The van der Waals surface area contributed by atoms with E-state index in [1.54, 1.807) is 0 Å². The molecule has 2 aromatic heterocycles. The molecule has 1 aliphatic rings. The number of halogens is 3. The van der Waals surface area contributed by atoms with Crippen LogP contribution in [0.15, 0.2) is 48.8 Å². The van der Waals surface area contributed by atoms with Crippen molar-refractivity contribution < 1.29 is 18.0 Å². The van der Waals surface area contributed by atoms with E-state index in [2.05, 4.69) is 15.7 Å². The van der Waals surface area contributed by atoms with Gasteiger partial charge in [0, 0.05) is 25.4 Å². The number of aryl methyl sites for hydroxylation is 2. The summed E-state index contributed by atoms with van der Waals surface area (Å²) >= 11 is 0. The van der Waals surface area contributed by atoms with E-state index in [1.165, 1.54) is 6.20 Å². The smallest absolute Gasteiger partial charge is 0.363 e. The molecule has 3 aromatic rings. The van der Waals surface area contributed by atoms with Crippen LogP contribution in [0, 0.1) is 0 Å². The standard InChI is InChI=1S/C22H24F3N5O/c1-3-14-6-8-15(9-7-14)18-11-19(22(23,24)25)30-20(28-18)17(13-27-30)21(31)26-12-16-5-4-10-29(16)2/h4-10,13,18-19,28H,3,11-12H2,1-2H3,(H,26,31). The zero-order chi connectivity index (χ0) is 22.2. The number of rotatable bonds is 5. The maximum atomic E-state index is 13.8. The van der Waals surface area contributed by atoms with Crippen LogP contribution in [0.5, 0.6) is 0 Å². The average molecular weight is 431 g/mol. The van der Waals surface area contributed by atoms with E-state index in [9.17, 15) is 18.0 Å². The molecule has 2 N–H and O–H groups in total. The minimum Gasteiger partial charge on any atom is -0.363 e. The Balaban J connectivity index is 1.62. The Morgan fingerprint density at radius 3 is 2.61 bits per heavy atom. The van der Waals surface area contributed by atoms with Crippen LogP contribution in [0.3, 0.4) is 0 Å². The first-order chi connectivity index (χ1) is 14.8. The van der Waals surface area contributed by atoms with Crippen LogP contribution in [0.25, 0.3) is 0 Å². The number of nitrogens with one attached hydrogen (secondary N) is 2. The number of carbonyl (C=O) groups is 1. The van der Waals surface area contributed by atoms with Crippen molar-refractivity contribution in [3.05, 3.63) is 71.2 Å². The summed E-state index contributed by atoms with van der Waals surface area (Å²) in [6, 6.07) is 8.83. The summed E-state index contributed by atoms with van der Waals surface area (Å²) < 4.78 is 44.2. The second-order valence-electron chi connectivity index (χ2n) is 7.73. The van der Waals surface area contributed by atoms with Crippen LogP contribution in [-0.2, 0) is 20.0 Å².